The van der Waals surface area contributed by atoms with Crippen LogP contribution in [0.5, 0.6) is 0 Å². The third-order valence-corrected chi connectivity index (χ3v) is 2.20. The van der Waals surface area contributed by atoms with Crippen molar-refractivity contribution in [1.82, 2.24) is 19.9 Å². The fraction of sp³-hybridized carbons (Fsp3) is 0.500. The van der Waals surface area contributed by atoms with Gasteiger partial charge in [-0.1, -0.05) is 30.6 Å². The minimum atomic E-state index is 0.456. The maximum Gasteiger partial charge on any atom is 0.248 e. The number of aromatic nitrogens is 4. The van der Waals surface area contributed by atoms with Crippen LogP contribution >= 0.6 is 11.6 Å². The Kier molecular flexibility index (Phi) is 3.24. The molecule has 2 rings (SSSR count). The topological polar surface area (TPSA) is 56.7 Å². The molecule has 0 atom stereocenters. The van der Waals surface area contributed by atoms with E-state index in [1.807, 2.05) is 0 Å². The molecular formula is C10H13ClN4O. The zero-order chi connectivity index (χ0) is 11.5. The van der Waals surface area contributed by atoms with Crippen LogP contribution in [0.3, 0.4) is 0 Å². The molecular weight excluding hydrogens is 228 g/mol. The molecule has 0 N–H and O–H groups in total. The summed E-state index contributed by atoms with van der Waals surface area (Å²) in [5, 5.41) is 8.54. The highest BCUT2D eigenvalue weighted by atomic mass is 35.5. The van der Waals surface area contributed by atoms with Crippen LogP contribution in [0, 0.1) is 5.92 Å². The molecule has 0 saturated heterocycles. The highest BCUT2D eigenvalue weighted by Gasteiger charge is 2.08. The van der Waals surface area contributed by atoms with Crippen molar-refractivity contribution in [3.05, 3.63) is 29.1 Å². The molecule has 0 bridgehead atoms. The van der Waals surface area contributed by atoms with Crippen molar-refractivity contribution >= 4 is 11.6 Å². The number of hydrogen-bond acceptors (Lipinski definition) is 4. The summed E-state index contributed by atoms with van der Waals surface area (Å²) in [6.45, 7) is 4.68. The van der Waals surface area contributed by atoms with Gasteiger partial charge in [0, 0.05) is 12.6 Å². The second-order valence-electron chi connectivity index (χ2n) is 4.06. The lowest BCUT2D eigenvalue weighted by atomic mass is 10.1. The van der Waals surface area contributed by atoms with Crippen LogP contribution in [0.15, 0.2) is 16.9 Å². The van der Waals surface area contributed by atoms with E-state index in [2.05, 4.69) is 29.1 Å². The Morgan fingerprint density at radius 1 is 1.50 bits per heavy atom. The highest BCUT2D eigenvalue weighted by molar-refractivity contribution is 6.30. The Labute approximate surface area is 98.4 Å². The van der Waals surface area contributed by atoms with Crippen molar-refractivity contribution in [2.45, 2.75) is 26.8 Å². The third-order valence-electron chi connectivity index (χ3n) is 2.00. The predicted octanol–water partition coefficient (Wildman–Crippen LogP) is 2.17. The summed E-state index contributed by atoms with van der Waals surface area (Å²) in [6, 6.07) is 0. The molecule has 86 valence electrons. The number of hydrogen-bond donors (Lipinski definition) is 0. The monoisotopic (exact) mass is 240 g/mol. The average molecular weight is 241 g/mol. The molecule has 0 aliphatic heterocycles. The summed E-state index contributed by atoms with van der Waals surface area (Å²) >= 11 is 5.75. The first-order valence-electron chi connectivity index (χ1n) is 5.13. The summed E-state index contributed by atoms with van der Waals surface area (Å²) in [4.78, 5) is 4.27. The van der Waals surface area contributed by atoms with Gasteiger partial charge in [-0.25, -0.2) is 0 Å². The van der Waals surface area contributed by atoms with Gasteiger partial charge in [0.25, 0.3) is 0 Å². The first kappa shape index (κ1) is 11.1. The van der Waals surface area contributed by atoms with Crippen LogP contribution < -0.4 is 0 Å². The van der Waals surface area contributed by atoms with E-state index in [1.54, 1.807) is 17.1 Å². The molecule has 2 heterocycles. The van der Waals surface area contributed by atoms with Gasteiger partial charge in [-0.3, -0.25) is 4.68 Å². The van der Waals surface area contributed by atoms with Gasteiger partial charge in [0.1, 0.15) is 6.54 Å². The summed E-state index contributed by atoms with van der Waals surface area (Å²) in [5.41, 5.74) is 0. The maximum absolute atomic E-state index is 5.75. The van der Waals surface area contributed by atoms with E-state index in [1.165, 1.54) is 0 Å². The predicted molar refractivity (Wildman–Crippen MR) is 59.2 cm³/mol. The van der Waals surface area contributed by atoms with E-state index < -0.39 is 0 Å². The largest absolute Gasteiger partial charge is 0.337 e. The van der Waals surface area contributed by atoms with Gasteiger partial charge in [0.05, 0.1) is 11.2 Å². The minimum absolute atomic E-state index is 0.456. The van der Waals surface area contributed by atoms with Gasteiger partial charge in [-0.05, 0) is 5.92 Å². The fourth-order valence-electron chi connectivity index (χ4n) is 1.37. The Hall–Kier alpha value is -1.36. The zero-order valence-electron chi connectivity index (χ0n) is 9.22. The molecule has 6 heteroatoms. The quantitative estimate of drug-likeness (QED) is 0.822. The summed E-state index contributed by atoms with van der Waals surface area (Å²) < 4.78 is 6.78. The molecule has 0 aromatic carbocycles. The molecule has 0 spiro atoms. The molecule has 0 fully saturated rings. The minimum Gasteiger partial charge on any atom is -0.337 e. The molecule has 0 amide bonds. The smallest absolute Gasteiger partial charge is 0.248 e. The first-order valence-corrected chi connectivity index (χ1v) is 5.50. The normalized spacial score (nSPS) is 11.2. The van der Waals surface area contributed by atoms with Crippen LogP contribution in [0.2, 0.25) is 5.02 Å². The zero-order valence-corrected chi connectivity index (χ0v) is 9.98. The lowest BCUT2D eigenvalue weighted by Crippen LogP contribution is -2.01. The van der Waals surface area contributed by atoms with Crippen LogP contribution in [-0.2, 0) is 13.0 Å². The van der Waals surface area contributed by atoms with E-state index in [-0.39, 0.29) is 0 Å². The second-order valence-corrected chi connectivity index (χ2v) is 4.49. The van der Waals surface area contributed by atoms with E-state index in [0.717, 1.165) is 12.2 Å². The summed E-state index contributed by atoms with van der Waals surface area (Å²) in [6.07, 6.45) is 4.12. The molecule has 2 aromatic heterocycles. The van der Waals surface area contributed by atoms with Gasteiger partial charge in [-0.15, -0.1) is 0 Å². The molecule has 0 radical (unpaired) electrons. The van der Waals surface area contributed by atoms with Crippen LogP contribution in [0.25, 0.3) is 0 Å². The van der Waals surface area contributed by atoms with Crippen molar-refractivity contribution in [3.63, 3.8) is 0 Å². The van der Waals surface area contributed by atoms with Crippen LogP contribution in [0.1, 0.15) is 25.6 Å². The van der Waals surface area contributed by atoms with E-state index in [9.17, 15) is 0 Å². The Balaban J connectivity index is 2.02. The summed E-state index contributed by atoms with van der Waals surface area (Å²) in [5.74, 6) is 1.81. The molecule has 0 aliphatic rings. The number of halogens is 1. The van der Waals surface area contributed by atoms with Crippen molar-refractivity contribution in [3.8, 4) is 0 Å². The van der Waals surface area contributed by atoms with E-state index in [4.69, 9.17) is 16.1 Å². The number of rotatable bonds is 4. The van der Waals surface area contributed by atoms with Crippen LogP contribution in [-0.4, -0.2) is 19.9 Å². The van der Waals surface area contributed by atoms with Gasteiger partial charge in [-0.2, -0.15) is 10.1 Å². The standard InChI is InChI=1S/C10H13ClN4O/c1-7(2)3-9-13-10(16-14-9)6-15-5-8(11)4-12-15/h4-5,7H,3,6H2,1-2H3. The molecule has 5 nitrogen and oxygen atoms in total. The molecule has 0 aliphatic carbocycles. The van der Waals surface area contributed by atoms with Crippen LogP contribution in [0.4, 0.5) is 0 Å². The van der Waals surface area contributed by atoms with Gasteiger partial charge in [0.2, 0.25) is 5.89 Å². The molecule has 0 saturated carbocycles. The van der Waals surface area contributed by atoms with Gasteiger partial charge in [0.15, 0.2) is 5.82 Å². The second kappa shape index (κ2) is 4.65. The van der Waals surface area contributed by atoms with Crippen molar-refractivity contribution in [2.75, 3.05) is 0 Å². The molecule has 0 unspecified atom stereocenters. The third kappa shape index (κ3) is 2.82. The first-order chi connectivity index (χ1) is 7.63. The highest BCUT2D eigenvalue weighted by Crippen LogP contribution is 2.08. The van der Waals surface area contributed by atoms with Crippen molar-refractivity contribution < 1.29 is 4.52 Å². The van der Waals surface area contributed by atoms with Crippen molar-refractivity contribution in [2.24, 2.45) is 5.92 Å². The van der Waals surface area contributed by atoms with Gasteiger partial charge >= 0.3 is 0 Å². The number of nitrogens with zero attached hydrogens (tertiary/aromatic N) is 4. The summed E-state index contributed by atoms with van der Waals surface area (Å²) in [7, 11) is 0. The molecule has 2 aromatic rings. The molecule has 16 heavy (non-hydrogen) atoms. The van der Waals surface area contributed by atoms with Crippen molar-refractivity contribution in [1.29, 1.82) is 0 Å². The van der Waals surface area contributed by atoms with E-state index >= 15 is 0 Å². The lowest BCUT2D eigenvalue weighted by molar-refractivity contribution is 0.359. The Morgan fingerprint density at radius 2 is 2.31 bits per heavy atom. The Bertz CT molecular complexity index is 463. The lowest BCUT2D eigenvalue weighted by Gasteiger charge is -1.96. The Morgan fingerprint density at radius 3 is 2.94 bits per heavy atom. The SMILES string of the molecule is CC(C)Cc1noc(Cn2cc(Cl)cn2)n1. The average Bonchev–Trinajstić information content (AvgIpc) is 2.76. The van der Waals surface area contributed by atoms with Gasteiger partial charge < -0.3 is 4.52 Å². The van der Waals surface area contributed by atoms with E-state index in [0.29, 0.717) is 23.4 Å². The maximum atomic E-state index is 5.75. The fourth-order valence-corrected chi connectivity index (χ4v) is 1.52.